The van der Waals surface area contributed by atoms with Crippen molar-refractivity contribution >= 4 is 33.4 Å². The molecule has 0 radical (unpaired) electrons. The first-order valence-corrected chi connectivity index (χ1v) is 9.78. The van der Waals surface area contributed by atoms with Gasteiger partial charge in [0.25, 0.3) is 0 Å². The Kier molecular flexibility index (Phi) is 7.02. The van der Waals surface area contributed by atoms with Gasteiger partial charge in [0, 0.05) is 18.2 Å². The third-order valence-electron chi connectivity index (χ3n) is 3.63. The van der Waals surface area contributed by atoms with E-state index in [1.807, 2.05) is 6.92 Å². The van der Waals surface area contributed by atoms with Crippen molar-refractivity contribution in [1.82, 2.24) is 4.72 Å². The highest BCUT2D eigenvalue weighted by Gasteiger charge is 2.17. The molecule has 9 heteroatoms. The van der Waals surface area contributed by atoms with Crippen LogP contribution in [0.25, 0.3) is 0 Å². The molecule has 2 aromatic rings. The van der Waals surface area contributed by atoms with E-state index < -0.39 is 34.9 Å². The summed E-state index contributed by atoms with van der Waals surface area (Å²) in [4.78, 5) is 34.8. The summed E-state index contributed by atoms with van der Waals surface area (Å²) in [5.74, 6) is -1.57. The highest BCUT2D eigenvalue weighted by Crippen LogP contribution is 2.11. The normalized spacial score (nSPS) is 10.9. The first-order chi connectivity index (χ1) is 13.2. The van der Waals surface area contributed by atoms with Crippen LogP contribution in [0.2, 0.25) is 0 Å². The van der Waals surface area contributed by atoms with Crippen LogP contribution in [0.1, 0.15) is 22.8 Å². The van der Waals surface area contributed by atoms with E-state index in [1.54, 1.807) is 24.3 Å². The van der Waals surface area contributed by atoms with E-state index in [4.69, 9.17) is 4.74 Å². The Balaban J connectivity index is 1.84. The zero-order valence-corrected chi connectivity index (χ0v) is 16.2. The molecule has 0 aliphatic carbocycles. The maximum absolute atomic E-state index is 12.1. The molecular weight excluding hydrogens is 384 g/mol. The molecule has 2 N–H and O–H groups in total. The Labute approximate surface area is 163 Å². The summed E-state index contributed by atoms with van der Waals surface area (Å²) in [5, 5.41) is 2.57. The molecule has 0 spiro atoms. The van der Waals surface area contributed by atoms with Crippen molar-refractivity contribution in [2.24, 2.45) is 0 Å². The van der Waals surface area contributed by atoms with Crippen molar-refractivity contribution in [3.8, 4) is 0 Å². The molecule has 0 atom stereocenters. The zero-order valence-electron chi connectivity index (χ0n) is 15.4. The molecule has 0 aliphatic rings. The number of benzene rings is 2. The molecule has 0 saturated carbocycles. The van der Waals surface area contributed by atoms with Crippen LogP contribution < -0.4 is 10.0 Å². The molecule has 0 fully saturated rings. The number of hydrogen-bond acceptors (Lipinski definition) is 6. The Morgan fingerprint density at radius 3 is 2.14 bits per heavy atom. The number of carbonyl (C=O) groups is 3. The van der Waals surface area contributed by atoms with Crippen molar-refractivity contribution in [3.63, 3.8) is 0 Å². The molecule has 148 valence electrons. The summed E-state index contributed by atoms with van der Waals surface area (Å²) in [6.45, 7) is 2.08. The fourth-order valence-electron chi connectivity index (χ4n) is 2.18. The van der Waals surface area contributed by atoms with Gasteiger partial charge in [0.2, 0.25) is 15.9 Å². The molecule has 0 unspecified atom stereocenters. The number of anilines is 1. The molecule has 8 nitrogen and oxygen atoms in total. The molecule has 1 amide bonds. The SMILES string of the molecule is CC(=O)Nc1ccc(C(=O)COC(=O)CNS(=O)(=O)c2ccc(C)cc2)cc1. The Bertz CT molecular complexity index is 966. The van der Waals surface area contributed by atoms with Gasteiger partial charge < -0.3 is 10.1 Å². The van der Waals surface area contributed by atoms with Gasteiger partial charge in [-0.3, -0.25) is 14.4 Å². The lowest BCUT2D eigenvalue weighted by Gasteiger charge is -2.08. The van der Waals surface area contributed by atoms with Gasteiger partial charge >= 0.3 is 5.97 Å². The van der Waals surface area contributed by atoms with Gasteiger partial charge in [-0.1, -0.05) is 17.7 Å². The van der Waals surface area contributed by atoms with Crippen molar-refractivity contribution in [2.45, 2.75) is 18.7 Å². The highest BCUT2D eigenvalue weighted by molar-refractivity contribution is 7.89. The van der Waals surface area contributed by atoms with E-state index in [0.29, 0.717) is 11.3 Å². The number of ketones is 1. The molecular formula is C19H20N2O6S. The van der Waals surface area contributed by atoms with E-state index >= 15 is 0 Å². The fourth-order valence-corrected chi connectivity index (χ4v) is 3.15. The topological polar surface area (TPSA) is 119 Å². The van der Waals surface area contributed by atoms with Crippen molar-refractivity contribution in [1.29, 1.82) is 0 Å². The number of nitrogens with one attached hydrogen (secondary N) is 2. The molecule has 0 heterocycles. The number of carbonyl (C=O) groups excluding carboxylic acids is 3. The summed E-state index contributed by atoms with van der Waals surface area (Å²) in [6, 6.07) is 12.2. The maximum Gasteiger partial charge on any atom is 0.321 e. The molecule has 0 aliphatic heterocycles. The van der Waals surface area contributed by atoms with Crippen LogP contribution in [0, 0.1) is 6.92 Å². The van der Waals surface area contributed by atoms with Gasteiger partial charge in [-0.15, -0.1) is 0 Å². The number of amides is 1. The van der Waals surface area contributed by atoms with Crippen LogP contribution in [0.3, 0.4) is 0 Å². The Morgan fingerprint density at radius 1 is 0.964 bits per heavy atom. The van der Waals surface area contributed by atoms with E-state index in [9.17, 15) is 22.8 Å². The second-order valence-corrected chi connectivity index (χ2v) is 7.75. The van der Waals surface area contributed by atoms with Crippen LogP contribution >= 0.6 is 0 Å². The Morgan fingerprint density at radius 2 is 1.57 bits per heavy atom. The lowest BCUT2D eigenvalue weighted by atomic mass is 10.1. The van der Waals surface area contributed by atoms with E-state index in [2.05, 4.69) is 10.0 Å². The van der Waals surface area contributed by atoms with Crippen molar-refractivity contribution < 1.29 is 27.5 Å². The average molecular weight is 404 g/mol. The third kappa shape index (κ3) is 6.29. The van der Waals surface area contributed by atoms with Gasteiger partial charge in [0.15, 0.2) is 12.4 Å². The molecule has 28 heavy (non-hydrogen) atoms. The monoisotopic (exact) mass is 404 g/mol. The molecule has 0 aromatic heterocycles. The second-order valence-electron chi connectivity index (χ2n) is 5.98. The first kappa shape index (κ1) is 21.3. The lowest BCUT2D eigenvalue weighted by molar-refractivity contribution is -0.141. The summed E-state index contributed by atoms with van der Waals surface area (Å²) >= 11 is 0. The number of hydrogen-bond donors (Lipinski definition) is 2. The fraction of sp³-hybridized carbons (Fsp3) is 0.211. The number of sulfonamides is 1. The Hall–Kier alpha value is -3.04. The zero-order chi connectivity index (χ0) is 20.7. The van der Waals surface area contributed by atoms with Crippen LogP contribution in [-0.4, -0.2) is 39.2 Å². The minimum absolute atomic E-state index is 0.0289. The van der Waals surface area contributed by atoms with Crippen LogP contribution in [0.4, 0.5) is 5.69 Å². The first-order valence-electron chi connectivity index (χ1n) is 8.30. The summed E-state index contributed by atoms with van der Waals surface area (Å²) < 4.78 is 31.1. The summed E-state index contributed by atoms with van der Waals surface area (Å²) in [7, 11) is -3.85. The predicted molar refractivity (Wildman–Crippen MR) is 102 cm³/mol. The van der Waals surface area contributed by atoms with Crippen molar-refractivity contribution in [2.75, 3.05) is 18.5 Å². The average Bonchev–Trinajstić information content (AvgIpc) is 2.65. The van der Waals surface area contributed by atoms with Crippen LogP contribution in [0.5, 0.6) is 0 Å². The third-order valence-corrected chi connectivity index (χ3v) is 5.05. The molecule has 0 bridgehead atoms. The smallest absolute Gasteiger partial charge is 0.321 e. The number of ether oxygens (including phenoxy) is 1. The number of Topliss-reactive ketones (excluding diaryl/α,β-unsaturated/α-hetero) is 1. The molecule has 2 rings (SSSR count). The molecule has 2 aromatic carbocycles. The van der Waals surface area contributed by atoms with Gasteiger partial charge in [-0.2, -0.15) is 4.72 Å². The number of rotatable bonds is 8. The minimum Gasteiger partial charge on any atom is -0.456 e. The van der Waals surface area contributed by atoms with Gasteiger partial charge in [0.1, 0.15) is 6.54 Å². The predicted octanol–water partition coefficient (Wildman–Crippen LogP) is 1.66. The van der Waals surface area contributed by atoms with Crippen LogP contribution in [-0.2, 0) is 24.3 Å². The van der Waals surface area contributed by atoms with Crippen LogP contribution in [0.15, 0.2) is 53.4 Å². The van der Waals surface area contributed by atoms with Crippen molar-refractivity contribution in [3.05, 3.63) is 59.7 Å². The largest absolute Gasteiger partial charge is 0.456 e. The van der Waals surface area contributed by atoms with E-state index in [-0.39, 0.29) is 10.8 Å². The van der Waals surface area contributed by atoms with E-state index in [0.717, 1.165) is 5.56 Å². The van der Waals surface area contributed by atoms with Gasteiger partial charge in [0.05, 0.1) is 4.90 Å². The molecule has 0 saturated heterocycles. The summed E-state index contributed by atoms with van der Waals surface area (Å²) in [6.07, 6.45) is 0. The van der Waals surface area contributed by atoms with Gasteiger partial charge in [-0.05, 0) is 43.3 Å². The minimum atomic E-state index is -3.85. The highest BCUT2D eigenvalue weighted by atomic mass is 32.2. The lowest BCUT2D eigenvalue weighted by Crippen LogP contribution is -2.31. The standard InChI is InChI=1S/C19H20N2O6S/c1-13-3-9-17(10-4-13)28(25,26)20-11-19(24)27-12-18(23)15-5-7-16(8-6-15)21-14(2)22/h3-10,20H,11-12H2,1-2H3,(H,21,22). The maximum atomic E-state index is 12.1. The second kappa shape index (κ2) is 9.25. The van der Waals surface area contributed by atoms with Gasteiger partial charge in [-0.25, -0.2) is 8.42 Å². The number of aryl methyl sites for hydroxylation is 1. The van der Waals surface area contributed by atoms with E-state index in [1.165, 1.54) is 31.2 Å². The summed E-state index contributed by atoms with van der Waals surface area (Å²) in [5.41, 5.74) is 1.73. The number of esters is 1. The quantitative estimate of drug-likeness (QED) is 0.510.